The van der Waals surface area contributed by atoms with Crippen LogP contribution in [-0.4, -0.2) is 11.6 Å². The number of rotatable bonds is 4. The fraction of sp³-hybridized carbons (Fsp3) is 0.312. The zero-order valence-corrected chi connectivity index (χ0v) is 13.0. The van der Waals surface area contributed by atoms with E-state index in [1.165, 1.54) is 16.7 Å². The third-order valence-corrected chi connectivity index (χ3v) is 4.07. The zero-order valence-electron chi connectivity index (χ0n) is 11.4. The van der Waals surface area contributed by atoms with E-state index >= 15 is 0 Å². The van der Waals surface area contributed by atoms with Crippen molar-refractivity contribution < 1.29 is 4.74 Å². The Bertz CT molecular complexity index is 601. The van der Waals surface area contributed by atoms with Gasteiger partial charge in [-0.05, 0) is 36.2 Å². The summed E-state index contributed by atoms with van der Waals surface area (Å²) in [7, 11) is 0. The van der Waals surface area contributed by atoms with E-state index in [9.17, 15) is 0 Å². The highest BCUT2D eigenvalue weighted by molar-refractivity contribution is 9.10. The van der Waals surface area contributed by atoms with Gasteiger partial charge >= 0.3 is 0 Å². The van der Waals surface area contributed by atoms with E-state index in [1.54, 1.807) is 6.20 Å². The topological polar surface area (TPSA) is 34.1 Å². The number of hydrogen-bond acceptors (Lipinski definition) is 3. The molecule has 1 aliphatic rings. The van der Waals surface area contributed by atoms with Crippen LogP contribution >= 0.6 is 15.9 Å². The summed E-state index contributed by atoms with van der Waals surface area (Å²) < 4.78 is 6.87. The van der Waals surface area contributed by atoms with Crippen molar-refractivity contribution in [2.24, 2.45) is 0 Å². The molecule has 0 spiro atoms. The van der Waals surface area contributed by atoms with Crippen molar-refractivity contribution in [2.45, 2.75) is 25.9 Å². The lowest BCUT2D eigenvalue weighted by Crippen LogP contribution is -2.18. The molecule has 3 rings (SSSR count). The van der Waals surface area contributed by atoms with Crippen LogP contribution in [-0.2, 0) is 13.0 Å². The van der Waals surface area contributed by atoms with Crippen molar-refractivity contribution >= 4 is 15.9 Å². The SMILES string of the molecule is CC(NCc1cc(Br)cc2c1OCC2)c1cccnc1. The molecule has 1 unspecified atom stereocenters. The van der Waals surface area contributed by atoms with Gasteiger partial charge in [0.15, 0.2) is 0 Å². The van der Waals surface area contributed by atoms with E-state index in [1.807, 2.05) is 12.3 Å². The van der Waals surface area contributed by atoms with Crippen LogP contribution in [0.3, 0.4) is 0 Å². The molecule has 0 radical (unpaired) electrons. The molecule has 3 nitrogen and oxygen atoms in total. The first-order valence-corrected chi connectivity index (χ1v) is 7.61. The lowest BCUT2D eigenvalue weighted by Gasteiger charge is -2.15. The number of benzene rings is 1. The Kier molecular flexibility index (Phi) is 4.03. The largest absolute Gasteiger partial charge is 0.493 e. The molecule has 0 bridgehead atoms. The second kappa shape index (κ2) is 5.94. The lowest BCUT2D eigenvalue weighted by molar-refractivity contribution is 0.351. The molecule has 0 saturated heterocycles. The van der Waals surface area contributed by atoms with Crippen molar-refractivity contribution in [3.63, 3.8) is 0 Å². The summed E-state index contributed by atoms with van der Waals surface area (Å²) in [6.07, 6.45) is 4.70. The van der Waals surface area contributed by atoms with Gasteiger partial charge in [-0.2, -0.15) is 0 Å². The summed E-state index contributed by atoms with van der Waals surface area (Å²) in [6, 6.07) is 8.60. The van der Waals surface area contributed by atoms with Crippen LogP contribution in [0, 0.1) is 0 Å². The van der Waals surface area contributed by atoms with Gasteiger partial charge in [0.1, 0.15) is 5.75 Å². The third kappa shape index (κ3) is 2.86. The molecule has 2 heterocycles. The molecule has 1 N–H and O–H groups in total. The molecule has 1 aliphatic heterocycles. The van der Waals surface area contributed by atoms with E-state index < -0.39 is 0 Å². The van der Waals surface area contributed by atoms with E-state index in [-0.39, 0.29) is 6.04 Å². The monoisotopic (exact) mass is 332 g/mol. The van der Waals surface area contributed by atoms with Gasteiger partial charge in [-0.15, -0.1) is 0 Å². The van der Waals surface area contributed by atoms with Crippen molar-refractivity contribution in [3.8, 4) is 5.75 Å². The van der Waals surface area contributed by atoms with Gasteiger partial charge in [0.2, 0.25) is 0 Å². The van der Waals surface area contributed by atoms with E-state index in [0.717, 1.165) is 29.8 Å². The van der Waals surface area contributed by atoms with Gasteiger partial charge in [-0.3, -0.25) is 4.98 Å². The fourth-order valence-corrected chi connectivity index (χ4v) is 3.04. The molecule has 2 aromatic rings. The molecule has 1 atom stereocenters. The van der Waals surface area contributed by atoms with Gasteiger partial charge in [-0.1, -0.05) is 22.0 Å². The third-order valence-electron chi connectivity index (χ3n) is 3.61. The van der Waals surface area contributed by atoms with Crippen molar-refractivity contribution in [2.75, 3.05) is 6.61 Å². The van der Waals surface area contributed by atoms with Crippen LogP contribution in [0.1, 0.15) is 29.7 Å². The maximum absolute atomic E-state index is 5.75. The molecule has 1 aromatic heterocycles. The first-order valence-electron chi connectivity index (χ1n) is 6.81. The van der Waals surface area contributed by atoms with Crippen LogP contribution in [0.5, 0.6) is 5.75 Å². The number of fused-ring (bicyclic) bond motifs is 1. The molecule has 4 heteroatoms. The number of pyridine rings is 1. The maximum Gasteiger partial charge on any atom is 0.127 e. The molecule has 0 saturated carbocycles. The summed E-state index contributed by atoms with van der Waals surface area (Å²) in [6.45, 7) is 3.73. The second-order valence-corrected chi connectivity index (χ2v) is 5.96. The summed E-state index contributed by atoms with van der Waals surface area (Å²) in [5.41, 5.74) is 3.70. The average Bonchev–Trinajstić information content (AvgIpc) is 2.93. The molecule has 1 aromatic carbocycles. The quantitative estimate of drug-likeness (QED) is 0.928. The van der Waals surface area contributed by atoms with Gasteiger partial charge in [0.25, 0.3) is 0 Å². The standard InChI is InChI=1S/C16H17BrN2O/c1-11(13-3-2-5-18-9-13)19-10-14-8-15(17)7-12-4-6-20-16(12)14/h2-3,5,7-9,11,19H,4,6,10H2,1H3. The van der Waals surface area contributed by atoms with Crippen LogP contribution in [0.15, 0.2) is 41.1 Å². The van der Waals surface area contributed by atoms with Gasteiger partial charge in [0, 0.05) is 41.4 Å². The van der Waals surface area contributed by atoms with Crippen molar-refractivity contribution in [1.82, 2.24) is 10.3 Å². The number of aromatic nitrogens is 1. The lowest BCUT2D eigenvalue weighted by atomic mass is 10.1. The minimum atomic E-state index is 0.264. The Morgan fingerprint density at radius 1 is 1.45 bits per heavy atom. The highest BCUT2D eigenvalue weighted by atomic mass is 79.9. The Hall–Kier alpha value is -1.39. The Labute approximate surface area is 127 Å². The molecular formula is C16H17BrN2O. The van der Waals surface area contributed by atoms with Crippen LogP contribution < -0.4 is 10.1 Å². The van der Waals surface area contributed by atoms with E-state index in [2.05, 4.69) is 51.4 Å². The number of nitrogens with one attached hydrogen (secondary N) is 1. The summed E-state index contributed by atoms with van der Waals surface area (Å²) in [5.74, 6) is 1.05. The molecule has 0 aliphatic carbocycles. The number of nitrogens with zero attached hydrogens (tertiary/aromatic N) is 1. The second-order valence-electron chi connectivity index (χ2n) is 5.04. The van der Waals surface area contributed by atoms with Crippen LogP contribution in [0.25, 0.3) is 0 Å². The Morgan fingerprint density at radius 2 is 2.35 bits per heavy atom. The smallest absolute Gasteiger partial charge is 0.127 e. The van der Waals surface area contributed by atoms with Crippen LogP contribution in [0.4, 0.5) is 0 Å². The van der Waals surface area contributed by atoms with Crippen LogP contribution in [0.2, 0.25) is 0 Å². The van der Waals surface area contributed by atoms with Gasteiger partial charge in [0.05, 0.1) is 6.61 Å². The average molecular weight is 333 g/mol. The van der Waals surface area contributed by atoms with E-state index in [0.29, 0.717) is 0 Å². The first kappa shape index (κ1) is 13.6. The highest BCUT2D eigenvalue weighted by Gasteiger charge is 2.17. The number of hydrogen-bond donors (Lipinski definition) is 1. The molecule has 0 fully saturated rings. The minimum absolute atomic E-state index is 0.264. The highest BCUT2D eigenvalue weighted by Crippen LogP contribution is 2.33. The first-order chi connectivity index (χ1) is 9.74. The summed E-state index contributed by atoms with van der Waals surface area (Å²) >= 11 is 3.57. The van der Waals surface area contributed by atoms with Gasteiger partial charge < -0.3 is 10.1 Å². The molecular weight excluding hydrogens is 316 g/mol. The summed E-state index contributed by atoms with van der Waals surface area (Å²) in [4.78, 5) is 4.16. The van der Waals surface area contributed by atoms with Crippen molar-refractivity contribution in [1.29, 1.82) is 0 Å². The Balaban J connectivity index is 1.73. The normalized spacial score (nSPS) is 14.7. The summed E-state index contributed by atoms with van der Waals surface area (Å²) in [5, 5.41) is 3.53. The predicted molar refractivity (Wildman–Crippen MR) is 82.8 cm³/mol. The molecule has 20 heavy (non-hydrogen) atoms. The predicted octanol–water partition coefficient (Wildman–Crippen LogP) is 3.63. The Morgan fingerprint density at radius 3 is 3.15 bits per heavy atom. The molecule has 104 valence electrons. The molecule has 0 amide bonds. The van der Waals surface area contributed by atoms with Gasteiger partial charge in [-0.25, -0.2) is 0 Å². The van der Waals surface area contributed by atoms with E-state index in [4.69, 9.17) is 4.74 Å². The number of halogens is 1. The fourth-order valence-electron chi connectivity index (χ4n) is 2.49. The zero-order chi connectivity index (χ0) is 13.9. The number of ether oxygens (including phenoxy) is 1. The maximum atomic E-state index is 5.75. The minimum Gasteiger partial charge on any atom is -0.493 e. The van der Waals surface area contributed by atoms with Crippen molar-refractivity contribution in [3.05, 3.63) is 57.8 Å².